The van der Waals surface area contributed by atoms with Gasteiger partial charge in [0, 0.05) is 6.07 Å². The number of anilines is 2. The summed E-state index contributed by atoms with van der Waals surface area (Å²) < 4.78 is 30.6. The van der Waals surface area contributed by atoms with E-state index in [9.17, 15) is 19.1 Å². The van der Waals surface area contributed by atoms with Crippen LogP contribution in [-0.4, -0.2) is 72.1 Å². The van der Waals surface area contributed by atoms with Gasteiger partial charge in [0.25, 0.3) is 11.8 Å². The van der Waals surface area contributed by atoms with E-state index in [1.165, 1.54) is 17.2 Å². The van der Waals surface area contributed by atoms with Gasteiger partial charge in [-0.1, -0.05) is 0 Å². The number of aromatic nitrogens is 2. The number of benzene rings is 1. The Morgan fingerprint density at radius 2 is 2.19 bits per heavy atom. The highest BCUT2D eigenvalue weighted by molar-refractivity contribution is 5.94. The van der Waals surface area contributed by atoms with Crippen LogP contribution in [0, 0.1) is 11.7 Å². The number of nitrogens with one attached hydrogen (secondary N) is 2. The molecule has 1 aromatic carbocycles. The molecule has 0 radical (unpaired) electrons. The van der Waals surface area contributed by atoms with Crippen molar-refractivity contribution in [3.05, 3.63) is 35.3 Å². The summed E-state index contributed by atoms with van der Waals surface area (Å²) in [7, 11) is 0. The van der Waals surface area contributed by atoms with Crippen LogP contribution in [0.15, 0.2) is 18.3 Å². The van der Waals surface area contributed by atoms with Gasteiger partial charge in [0.05, 0.1) is 18.8 Å². The van der Waals surface area contributed by atoms with Crippen molar-refractivity contribution in [2.45, 2.75) is 38.4 Å². The maximum atomic E-state index is 14.5. The third-order valence-electron chi connectivity index (χ3n) is 6.30. The minimum absolute atomic E-state index is 0. The summed E-state index contributed by atoms with van der Waals surface area (Å²) in [6.07, 6.45) is 1.95. The van der Waals surface area contributed by atoms with Gasteiger partial charge in [-0.25, -0.2) is 19.2 Å². The molecular weight excluding hydrogens is 509 g/mol. The van der Waals surface area contributed by atoms with Gasteiger partial charge in [-0.05, 0) is 62.4 Å². The Morgan fingerprint density at radius 3 is 3.00 bits per heavy atom. The first-order chi connectivity index (χ1) is 17.4. The first kappa shape index (κ1) is 26.8. The van der Waals surface area contributed by atoms with Crippen LogP contribution in [0.2, 0.25) is 0 Å². The number of hydrogen-bond donors (Lipinski definition) is 3. The van der Waals surface area contributed by atoms with Crippen LogP contribution < -0.4 is 25.0 Å². The lowest BCUT2D eigenvalue weighted by Gasteiger charge is -2.18. The standard InChI is InChI=1S/C24H28FN5O6.ClH/c1-13(31)11-34-17-6-15-4-14(5-18(15)19(25)7-17)8-26-3-2-16-10-30(24(33)36-16)20-9-27-23-22(28-20)29-21(32)12-35-23;/h6-7,9,13-14,16,26,31H,2-5,8,10-12H2,1H3,(H,28,29,32);1H. The number of carbonyl (C=O) groups is 2. The van der Waals surface area contributed by atoms with E-state index in [2.05, 4.69) is 20.6 Å². The minimum Gasteiger partial charge on any atom is -0.491 e. The number of amides is 2. The highest BCUT2D eigenvalue weighted by atomic mass is 35.5. The second-order valence-electron chi connectivity index (χ2n) is 9.31. The van der Waals surface area contributed by atoms with Gasteiger partial charge in [0.2, 0.25) is 0 Å². The molecule has 2 aromatic rings. The van der Waals surface area contributed by atoms with Gasteiger partial charge < -0.3 is 30.0 Å². The molecule has 3 aliphatic rings. The van der Waals surface area contributed by atoms with Crippen molar-refractivity contribution in [3.8, 4) is 11.6 Å². The van der Waals surface area contributed by atoms with Crippen LogP contribution >= 0.6 is 12.4 Å². The second-order valence-corrected chi connectivity index (χ2v) is 9.31. The topological polar surface area (TPSA) is 135 Å². The Morgan fingerprint density at radius 1 is 1.35 bits per heavy atom. The van der Waals surface area contributed by atoms with Crippen molar-refractivity contribution in [2.75, 3.05) is 43.1 Å². The van der Waals surface area contributed by atoms with E-state index >= 15 is 0 Å². The Bertz CT molecular complexity index is 1170. The fourth-order valence-electron chi connectivity index (χ4n) is 4.61. The molecule has 1 saturated heterocycles. The number of carbonyl (C=O) groups excluding carboxylic acids is 2. The van der Waals surface area contributed by atoms with Crippen molar-refractivity contribution in [2.24, 2.45) is 5.92 Å². The summed E-state index contributed by atoms with van der Waals surface area (Å²) in [4.78, 5) is 33.6. The third kappa shape index (κ3) is 6.20. The molecule has 3 heterocycles. The Balaban J connectivity index is 0.00000320. The van der Waals surface area contributed by atoms with Gasteiger partial charge in [-0.15, -0.1) is 12.4 Å². The average molecular weight is 538 g/mol. The van der Waals surface area contributed by atoms with E-state index in [1.807, 2.05) is 6.07 Å². The lowest BCUT2D eigenvalue weighted by atomic mass is 10.1. The molecular formula is C24H29ClFN5O6. The van der Waals surface area contributed by atoms with E-state index in [1.54, 1.807) is 6.92 Å². The van der Waals surface area contributed by atoms with Gasteiger partial charge in [-0.2, -0.15) is 0 Å². The van der Waals surface area contributed by atoms with Crippen LogP contribution in [0.3, 0.4) is 0 Å². The van der Waals surface area contributed by atoms with E-state index in [0.717, 1.165) is 17.5 Å². The van der Waals surface area contributed by atoms with Crippen molar-refractivity contribution in [1.82, 2.24) is 15.3 Å². The lowest BCUT2D eigenvalue weighted by Crippen LogP contribution is -2.30. The molecule has 1 aromatic heterocycles. The highest BCUT2D eigenvalue weighted by Crippen LogP contribution is 2.32. The van der Waals surface area contributed by atoms with E-state index in [4.69, 9.17) is 14.2 Å². The van der Waals surface area contributed by atoms with Gasteiger partial charge >= 0.3 is 6.09 Å². The van der Waals surface area contributed by atoms with Crippen LogP contribution in [0.1, 0.15) is 24.5 Å². The second kappa shape index (κ2) is 11.4. The quantitative estimate of drug-likeness (QED) is 0.409. The van der Waals surface area contributed by atoms with E-state index < -0.39 is 12.2 Å². The van der Waals surface area contributed by atoms with Crippen molar-refractivity contribution >= 4 is 36.0 Å². The van der Waals surface area contributed by atoms with Gasteiger partial charge in [0.15, 0.2) is 18.2 Å². The summed E-state index contributed by atoms with van der Waals surface area (Å²) in [6.45, 7) is 3.27. The fourth-order valence-corrected chi connectivity index (χ4v) is 4.61. The first-order valence-corrected chi connectivity index (χ1v) is 12.0. The fraction of sp³-hybridized carbons (Fsp3) is 0.500. The van der Waals surface area contributed by atoms with Crippen molar-refractivity contribution < 1.29 is 33.3 Å². The maximum absolute atomic E-state index is 14.5. The Labute approximate surface area is 219 Å². The average Bonchev–Trinajstić information content (AvgIpc) is 3.43. The van der Waals surface area contributed by atoms with Crippen molar-refractivity contribution in [1.29, 1.82) is 0 Å². The molecule has 3 unspecified atom stereocenters. The van der Waals surface area contributed by atoms with Crippen LogP contribution in [-0.2, 0) is 22.4 Å². The normalized spacial score (nSPS) is 20.8. The zero-order valence-electron chi connectivity index (χ0n) is 20.2. The molecule has 5 rings (SSSR count). The largest absolute Gasteiger partial charge is 0.491 e. The first-order valence-electron chi connectivity index (χ1n) is 12.0. The number of rotatable bonds is 9. The summed E-state index contributed by atoms with van der Waals surface area (Å²) in [6, 6.07) is 3.24. The van der Waals surface area contributed by atoms with Crippen LogP contribution in [0.25, 0.3) is 0 Å². The number of fused-ring (bicyclic) bond motifs is 2. The predicted molar refractivity (Wildman–Crippen MR) is 133 cm³/mol. The molecule has 11 nitrogen and oxygen atoms in total. The smallest absolute Gasteiger partial charge is 0.415 e. The van der Waals surface area contributed by atoms with Crippen LogP contribution in [0.4, 0.5) is 20.8 Å². The number of hydrogen-bond acceptors (Lipinski definition) is 9. The number of cyclic esters (lactones) is 1. The van der Waals surface area contributed by atoms with Crippen LogP contribution in [0.5, 0.6) is 11.6 Å². The summed E-state index contributed by atoms with van der Waals surface area (Å²) in [5.41, 5.74) is 1.66. The molecule has 0 bridgehead atoms. The van der Waals surface area contributed by atoms with E-state index in [-0.39, 0.29) is 66.9 Å². The molecule has 2 amide bonds. The zero-order chi connectivity index (χ0) is 25.2. The number of nitrogens with zero attached hydrogens (tertiary/aromatic N) is 3. The molecule has 3 N–H and O–H groups in total. The predicted octanol–water partition coefficient (Wildman–Crippen LogP) is 1.85. The third-order valence-corrected chi connectivity index (χ3v) is 6.30. The molecule has 3 atom stereocenters. The molecule has 13 heteroatoms. The number of aliphatic hydroxyl groups excluding tert-OH is 1. The number of ether oxygens (including phenoxy) is 3. The Kier molecular flexibility index (Phi) is 8.30. The van der Waals surface area contributed by atoms with E-state index in [0.29, 0.717) is 38.2 Å². The zero-order valence-corrected chi connectivity index (χ0v) is 21.1. The minimum atomic E-state index is -0.618. The van der Waals surface area contributed by atoms with Gasteiger partial charge in [-0.3, -0.25) is 9.69 Å². The molecule has 2 aliphatic heterocycles. The number of halogens is 2. The SMILES string of the molecule is CC(O)COc1cc(F)c2c(c1)CC(CNCCC1CN(c3cnc4c(n3)NC(=O)CO4)C(=O)O1)C2.Cl. The molecule has 1 aliphatic carbocycles. The number of aliphatic hydroxyl groups is 1. The molecule has 0 saturated carbocycles. The molecule has 0 spiro atoms. The summed E-state index contributed by atoms with van der Waals surface area (Å²) >= 11 is 0. The van der Waals surface area contributed by atoms with Crippen molar-refractivity contribution in [3.63, 3.8) is 0 Å². The Hall–Kier alpha value is -3.22. The molecule has 200 valence electrons. The molecule has 1 fully saturated rings. The molecule has 37 heavy (non-hydrogen) atoms. The highest BCUT2D eigenvalue weighted by Gasteiger charge is 2.34. The van der Waals surface area contributed by atoms with Gasteiger partial charge in [0.1, 0.15) is 24.3 Å². The summed E-state index contributed by atoms with van der Waals surface area (Å²) in [5.74, 6) is 0.758. The monoisotopic (exact) mass is 537 g/mol. The summed E-state index contributed by atoms with van der Waals surface area (Å²) in [5, 5.41) is 15.3. The lowest BCUT2D eigenvalue weighted by molar-refractivity contribution is -0.118. The maximum Gasteiger partial charge on any atom is 0.415 e.